The van der Waals surface area contributed by atoms with Gasteiger partial charge in [-0.25, -0.2) is 4.79 Å². The number of aromatic hydroxyl groups is 1. The fourth-order valence-corrected chi connectivity index (χ4v) is 3.94. The lowest BCUT2D eigenvalue weighted by molar-refractivity contribution is 0.173. The van der Waals surface area contributed by atoms with Crippen molar-refractivity contribution >= 4 is 17.8 Å². The Balaban J connectivity index is 1.57. The molecule has 2 amide bonds. The van der Waals surface area contributed by atoms with E-state index in [1.165, 1.54) is 38.2 Å². The van der Waals surface area contributed by atoms with E-state index in [-0.39, 0.29) is 18.3 Å². The second-order valence-corrected chi connectivity index (χ2v) is 7.29. The Bertz CT molecular complexity index is 492. The minimum Gasteiger partial charge on any atom is -0.508 e. The van der Waals surface area contributed by atoms with E-state index in [1.807, 2.05) is 11.8 Å². The van der Waals surface area contributed by atoms with Crippen molar-refractivity contribution in [1.29, 1.82) is 0 Å². The van der Waals surface area contributed by atoms with Crippen LogP contribution < -0.4 is 10.6 Å². The zero-order valence-corrected chi connectivity index (χ0v) is 14.1. The van der Waals surface area contributed by atoms with Crippen LogP contribution in [0.1, 0.15) is 43.8 Å². The lowest BCUT2D eigenvalue weighted by atomic mass is 10.0. The largest absolute Gasteiger partial charge is 0.508 e. The number of phenolic OH excluding ortho intramolecular Hbond substituents is 1. The highest BCUT2D eigenvalue weighted by atomic mass is 32.2. The van der Waals surface area contributed by atoms with E-state index in [1.54, 1.807) is 18.2 Å². The number of nitrogens with one attached hydrogen (secondary N) is 2. The van der Waals surface area contributed by atoms with Gasteiger partial charge in [-0.1, -0.05) is 31.4 Å². The topological polar surface area (TPSA) is 81.6 Å². The predicted octanol–water partition coefficient (Wildman–Crippen LogP) is 2.79. The second kappa shape index (κ2) is 9.67. The van der Waals surface area contributed by atoms with E-state index >= 15 is 0 Å². The van der Waals surface area contributed by atoms with Gasteiger partial charge in [0.2, 0.25) is 0 Å². The molecule has 1 fully saturated rings. The number of hydrogen-bond acceptors (Lipinski definition) is 4. The smallest absolute Gasteiger partial charge is 0.314 e. The van der Waals surface area contributed by atoms with Crippen molar-refractivity contribution < 1.29 is 15.0 Å². The van der Waals surface area contributed by atoms with Crippen molar-refractivity contribution in [2.24, 2.45) is 0 Å². The average molecular weight is 338 g/mol. The Morgan fingerprint density at radius 1 is 1.26 bits per heavy atom. The van der Waals surface area contributed by atoms with E-state index in [0.29, 0.717) is 12.1 Å². The standard InChI is InChI=1S/C17H26N2O3S/c20-14-6-4-5-13(11-14)16(21)12-19-17(22)18-9-10-23-15-7-2-1-3-8-15/h4-6,11,15-16,20-21H,1-3,7-10,12H2,(H2,18,19,22)/t16-/m0/s1. The molecule has 5 nitrogen and oxygen atoms in total. The lowest BCUT2D eigenvalue weighted by Crippen LogP contribution is -2.38. The molecule has 0 bridgehead atoms. The van der Waals surface area contributed by atoms with Gasteiger partial charge in [0.15, 0.2) is 0 Å². The van der Waals surface area contributed by atoms with Gasteiger partial charge in [0.25, 0.3) is 0 Å². The van der Waals surface area contributed by atoms with Gasteiger partial charge in [0.1, 0.15) is 5.75 Å². The van der Waals surface area contributed by atoms with Crippen LogP contribution in [-0.4, -0.2) is 40.3 Å². The molecule has 1 aliphatic rings. The summed E-state index contributed by atoms with van der Waals surface area (Å²) in [5.41, 5.74) is 0.582. The molecular formula is C17H26N2O3S. The molecule has 0 aliphatic heterocycles. The SMILES string of the molecule is O=C(NCCSC1CCCCC1)NC[C@H](O)c1cccc(O)c1. The maximum Gasteiger partial charge on any atom is 0.314 e. The Hall–Kier alpha value is -1.40. The van der Waals surface area contributed by atoms with Crippen LogP contribution in [-0.2, 0) is 0 Å². The van der Waals surface area contributed by atoms with E-state index in [0.717, 1.165) is 11.0 Å². The summed E-state index contributed by atoms with van der Waals surface area (Å²) in [6.45, 7) is 0.750. The molecule has 1 atom stereocenters. The van der Waals surface area contributed by atoms with Crippen LogP contribution in [0.15, 0.2) is 24.3 Å². The first-order chi connectivity index (χ1) is 11.1. The van der Waals surface area contributed by atoms with Gasteiger partial charge >= 0.3 is 6.03 Å². The monoisotopic (exact) mass is 338 g/mol. The molecule has 23 heavy (non-hydrogen) atoms. The minimum absolute atomic E-state index is 0.103. The van der Waals surface area contributed by atoms with E-state index in [4.69, 9.17) is 0 Å². The fourth-order valence-electron chi connectivity index (χ4n) is 2.72. The summed E-state index contributed by atoms with van der Waals surface area (Å²) in [5, 5.41) is 25.6. The number of hydrogen-bond donors (Lipinski definition) is 4. The molecule has 6 heteroatoms. The van der Waals surface area contributed by atoms with E-state index in [9.17, 15) is 15.0 Å². The maximum atomic E-state index is 11.7. The van der Waals surface area contributed by atoms with Crippen LogP contribution in [0.3, 0.4) is 0 Å². The number of carbonyl (C=O) groups excluding carboxylic acids is 1. The van der Waals surface area contributed by atoms with Gasteiger partial charge in [-0.3, -0.25) is 0 Å². The van der Waals surface area contributed by atoms with Crippen LogP contribution in [0.4, 0.5) is 4.79 Å². The zero-order valence-electron chi connectivity index (χ0n) is 13.3. The number of rotatable bonds is 7. The summed E-state index contributed by atoms with van der Waals surface area (Å²) in [5.74, 6) is 1.03. The number of carbonyl (C=O) groups is 1. The first-order valence-corrected chi connectivity index (χ1v) is 9.30. The van der Waals surface area contributed by atoms with E-state index in [2.05, 4.69) is 10.6 Å². The molecule has 1 saturated carbocycles. The number of amides is 2. The third kappa shape index (κ3) is 6.71. The van der Waals surface area contributed by atoms with Crippen molar-refractivity contribution in [3.05, 3.63) is 29.8 Å². The van der Waals surface area contributed by atoms with Crippen molar-refractivity contribution in [1.82, 2.24) is 10.6 Å². The Labute approximate surface area is 141 Å². The summed E-state index contributed by atoms with van der Waals surface area (Å²) in [6, 6.07) is 6.14. The fraction of sp³-hybridized carbons (Fsp3) is 0.588. The van der Waals surface area contributed by atoms with Crippen molar-refractivity contribution in [2.45, 2.75) is 43.5 Å². The maximum absolute atomic E-state index is 11.7. The third-order valence-corrected chi connectivity index (χ3v) is 5.39. The average Bonchev–Trinajstić information content (AvgIpc) is 2.57. The predicted molar refractivity (Wildman–Crippen MR) is 93.8 cm³/mol. The first-order valence-electron chi connectivity index (χ1n) is 8.25. The first kappa shape index (κ1) is 17.9. The highest BCUT2D eigenvalue weighted by Crippen LogP contribution is 2.27. The molecule has 1 aliphatic carbocycles. The molecular weight excluding hydrogens is 312 g/mol. The van der Waals surface area contributed by atoms with Crippen molar-refractivity contribution in [3.63, 3.8) is 0 Å². The summed E-state index contributed by atoms with van der Waals surface area (Å²) in [4.78, 5) is 11.7. The van der Waals surface area contributed by atoms with Gasteiger partial charge in [-0.15, -0.1) is 0 Å². The molecule has 4 N–H and O–H groups in total. The minimum atomic E-state index is -0.829. The zero-order chi connectivity index (χ0) is 16.5. The molecule has 2 rings (SSSR count). The number of thioether (sulfide) groups is 1. The van der Waals surface area contributed by atoms with Crippen LogP contribution in [0, 0.1) is 0 Å². The molecule has 0 spiro atoms. The summed E-state index contributed by atoms with van der Waals surface area (Å²) in [7, 11) is 0. The number of phenols is 1. The molecule has 0 radical (unpaired) electrons. The summed E-state index contributed by atoms with van der Waals surface area (Å²) in [6.07, 6.45) is 5.79. The number of aliphatic hydroxyl groups is 1. The molecule has 0 aromatic heterocycles. The van der Waals surface area contributed by atoms with Crippen LogP contribution in [0.25, 0.3) is 0 Å². The number of urea groups is 1. The van der Waals surface area contributed by atoms with Crippen LogP contribution in [0.5, 0.6) is 5.75 Å². The molecule has 0 heterocycles. The summed E-state index contributed by atoms with van der Waals surface area (Å²) >= 11 is 1.94. The third-order valence-electron chi connectivity index (χ3n) is 4.00. The lowest BCUT2D eigenvalue weighted by Gasteiger charge is -2.21. The van der Waals surface area contributed by atoms with Gasteiger partial charge in [0.05, 0.1) is 6.10 Å². The van der Waals surface area contributed by atoms with Crippen molar-refractivity contribution in [2.75, 3.05) is 18.8 Å². The molecule has 1 aromatic rings. The van der Waals surface area contributed by atoms with Gasteiger partial charge in [-0.05, 0) is 30.5 Å². The molecule has 1 aromatic carbocycles. The number of aliphatic hydroxyl groups excluding tert-OH is 1. The van der Waals surface area contributed by atoms with Crippen LogP contribution in [0.2, 0.25) is 0 Å². The van der Waals surface area contributed by atoms with Crippen molar-refractivity contribution in [3.8, 4) is 5.75 Å². The van der Waals surface area contributed by atoms with E-state index < -0.39 is 6.10 Å². The molecule has 0 saturated heterocycles. The highest BCUT2D eigenvalue weighted by Gasteiger charge is 2.13. The van der Waals surface area contributed by atoms with Gasteiger partial charge in [0, 0.05) is 24.1 Å². The molecule has 0 unspecified atom stereocenters. The highest BCUT2D eigenvalue weighted by molar-refractivity contribution is 7.99. The Morgan fingerprint density at radius 3 is 2.78 bits per heavy atom. The number of benzene rings is 1. The summed E-state index contributed by atoms with van der Waals surface area (Å²) < 4.78 is 0. The van der Waals surface area contributed by atoms with Gasteiger partial charge < -0.3 is 20.8 Å². The van der Waals surface area contributed by atoms with Crippen LogP contribution >= 0.6 is 11.8 Å². The normalized spacial score (nSPS) is 16.7. The van der Waals surface area contributed by atoms with Gasteiger partial charge in [-0.2, -0.15) is 11.8 Å². The molecule has 128 valence electrons. The quantitative estimate of drug-likeness (QED) is 0.576. The Kier molecular flexibility index (Phi) is 7.55. The second-order valence-electron chi connectivity index (χ2n) is 5.88. The Morgan fingerprint density at radius 2 is 2.04 bits per heavy atom.